The molecule has 2 aliphatic heterocycles. The van der Waals surface area contributed by atoms with E-state index in [2.05, 4.69) is 49.6 Å². The molecule has 3 nitrogen and oxygen atoms in total. The van der Waals surface area contributed by atoms with Crippen molar-refractivity contribution in [1.82, 2.24) is 4.31 Å². The topological polar surface area (TPSA) is 32.3 Å². The number of benzene rings is 1. The van der Waals surface area contributed by atoms with Gasteiger partial charge in [0.05, 0.1) is 5.92 Å². The van der Waals surface area contributed by atoms with E-state index in [-0.39, 0.29) is 11.8 Å². The molecule has 1 aromatic carbocycles. The van der Waals surface area contributed by atoms with Crippen molar-refractivity contribution in [2.75, 3.05) is 30.5 Å². The third-order valence-corrected chi connectivity index (χ3v) is 6.04. The van der Waals surface area contributed by atoms with E-state index in [4.69, 9.17) is 0 Å². The molecule has 1 unspecified atom stereocenters. The molecule has 0 spiro atoms. The van der Waals surface area contributed by atoms with Gasteiger partial charge in [0, 0.05) is 18.8 Å². The first-order chi connectivity index (χ1) is 10.5. The van der Waals surface area contributed by atoms with Gasteiger partial charge in [-0.05, 0) is 42.5 Å². The average Bonchev–Trinajstić information content (AvgIpc) is 2.84. The van der Waals surface area contributed by atoms with Crippen LogP contribution in [0.25, 0.3) is 0 Å². The summed E-state index contributed by atoms with van der Waals surface area (Å²) in [6, 6.07) is 8.08. The van der Waals surface area contributed by atoms with E-state index < -0.39 is 9.39 Å². The zero-order chi connectivity index (χ0) is 16.3. The zero-order valence-electron chi connectivity index (χ0n) is 13.3. The zero-order valence-corrected chi connectivity index (χ0v) is 15.8. The smallest absolute Gasteiger partial charge is 0.232 e. The molecule has 0 saturated carbocycles. The van der Waals surface area contributed by atoms with Gasteiger partial charge in [-0.25, -0.2) is 0 Å². The van der Waals surface area contributed by atoms with Crippen LogP contribution in [0.1, 0.15) is 24.3 Å². The van der Waals surface area contributed by atoms with Gasteiger partial charge in [0.2, 0.25) is 5.91 Å². The highest BCUT2D eigenvalue weighted by Gasteiger charge is 2.38. The van der Waals surface area contributed by atoms with Crippen LogP contribution in [0.5, 0.6) is 0 Å². The lowest BCUT2D eigenvalue weighted by Crippen LogP contribution is -2.34. The lowest BCUT2D eigenvalue weighted by molar-refractivity contribution is -0.118. The fourth-order valence-corrected chi connectivity index (χ4v) is 4.44. The molecule has 0 bridgehead atoms. The number of anilines is 1. The molecule has 1 amide bonds. The molecule has 2 aliphatic rings. The first-order valence-corrected chi connectivity index (χ1v) is 11.4. The van der Waals surface area contributed by atoms with Crippen LogP contribution in [0.15, 0.2) is 24.3 Å². The van der Waals surface area contributed by atoms with E-state index in [9.17, 15) is 4.79 Å². The Bertz CT molecular complexity index is 634. The summed E-state index contributed by atoms with van der Waals surface area (Å²) >= 11 is 2.94. The van der Waals surface area contributed by atoms with Crippen molar-refractivity contribution in [2.24, 2.45) is 5.92 Å². The Balaban J connectivity index is 0.000000847. The van der Waals surface area contributed by atoms with E-state index in [0.717, 1.165) is 31.6 Å². The minimum Gasteiger partial charge on any atom is -0.325 e. The molecular weight excluding hydrogens is 360 g/mol. The number of amides is 1. The number of carbonyl (C=O) groups is 1. The van der Waals surface area contributed by atoms with Crippen LogP contribution < -0.4 is 5.32 Å². The Hall–Kier alpha value is -0.780. The summed E-state index contributed by atoms with van der Waals surface area (Å²) in [4.78, 5) is 12.3. The van der Waals surface area contributed by atoms with Gasteiger partial charge in [-0.3, -0.25) is 9.10 Å². The number of alkyl halides is 1. The quantitative estimate of drug-likeness (QED) is 0.623. The number of fused-ring (bicyclic) bond motifs is 1. The van der Waals surface area contributed by atoms with Crippen LogP contribution in [0.4, 0.5) is 5.69 Å². The number of hydrogen-bond acceptors (Lipinski definition) is 2. The number of halogens is 1. The summed E-state index contributed by atoms with van der Waals surface area (Å²) in [5.74, 6) is 10.8. The second kappa shape index (κ2) is 7.20. The predicted octanol–water partition coefficient (Wildman–Crippen LogP) is 3.66. The molecule has 122 valence electrons. The molecule has 1 saturated heterocycles. The van der Waals surface area contributed by atoms with Crippen LogP contribution >= 0.6 is 25.3 Å². The first-order valence-electron chi connectivity index (χ1n) is 7.44. The van der Waals surface area contributed by atoms with Crippen molar-refractivity contribution in [1.29, 1.82) is 0 Å². The molecule has 0 radical (unpaired) electrons. The number of hydrogen-bond donors (Lipinski definition) is 1. The minimum absolute atomic E-state index is 0.0317. The molecule has 1 fully saturated rings. The summed E-state index contributed by atoms with van der Waals surface area (Å²) in [5.41, 5.74) is 2.17. The predicted molar refractivity (Wildman–Crippen MR) is 105 cm³/mol. The summed E-state index contributed by atoms with van der Waals surface area (Å²) in [5, 5.41) is 3.01. The Morgan fingerprint density at radius 2 is 1.82 bits per heavy atom. The molecule has 0 aromatic heterocycles. The van der Waals surface area contributed by atoms with Crippen LogP contribution in [0.2, 0.25) is 0 Å². The van der Waals surface area contributed by atoms with Crippen LogP contribution in [-0.4, -0.2) is 47.1 Å². The largest absolute Gasteiger partial charge is 0.325 e. The number of nitrogens with one attached hydrogen (secondary N) is 1. The number of piperidine rings is 1. The molecule has 3 rings (SSSR count). The molecule has 0 aliphatic carbocycles. The Labute approximate surface area is 142 Å². The lowest BCUT2D eigenvalue weighted by atomic mass is 9.81. The second-order valence-corrected chi connectivity index (χ2v) is 9.00. The van der Waals surface area contributed by atoms with Crippen molar-refractivity contribution in [3.63, 3.8) is 0 Å². The minimum atomic E-state index is -1.11. The van der Waals surface area contributed by atoms with Gasteiger partial charge in [-0.2, -0.15) is 9.39 Å². The van der Waals surface area contributed by atoms with Gasteiger partial charge >= 0.3 is 0 Å². The fraction of sp³-hybridized carbons (Fsp3) is 0.471. The van der Waals surface area contributed by atoms with Crippen molar-refractivity contribution in [2.45, 2.75) is 18.8 Å². The van der Waals surface area contributed by atoms with E-state index in [0.29, 0.717) is 5.92 Å². The van der Waals surface area contributed by atoms with Gasteiger partial charge < -0.3 is 5.32 Å². The van der Waals surface area contributed by atoms with Crippen molar-refractivity contribution < 1.29 is 4.79 Å². The highest BCUT2D eigenvalue weighted by atomic mass is 79.9. The monoisotopic (exact) mass is 384 g/mol. The van der Waals surface area contributed by atoms with Crippen LogP contribution in [0.3, 0.4) is 0 Å². The summed E-state index contributed by atoms with van der Waals surface area (Å²) in [6.45, 7) is 2.02. The standard InChI is InChI=1S/C16H22N2OS.CH3Br/c1-20(2,3)18-10-8-12(9-11-18)15-13-6-4-5-7-14(13)17-16(15)19;1-2/h4-7,12,15H,1-2,8-11H2,3H3,(H,17,19);1H3. The number of para-hydroxylation sites is 1. The van der Waals surface area contributed by atoms with Crippen molar-refractivity contribution >= 4 is 48.7 Å². The van der Waals surface area contributed by atoms with Crippen LogP contribution in [0, 0.1) is 5.92 Å². The third kappa shape index (κ3) is 3.58. The maximum Gasteiger partial charge on any atom is 0.232 e. The highest BCUT2D eigenvalue weighted by Crippen LogP contribution is 2.42. The van der Waals surface area contributed by atoms with Gasteiger partial charge in [-0.1, -0.05) is 45.9 Å². The Morgan fingerprint density at radius 1 is 1.23 bits per heavy atom. The van der Waals surface area contributed by atoms with Gasteiger partial charge in [-0.15, -0.1) is 0 Å². The van der Waals surface area contributed by atoms with E-state index in [1.807, 2.05) is 24.0 Å². The van der Waals surface area contributed by atoms with Gasteiger partial charge in [0.15, 0.2) is 0 Å². The van der Waals surface area contributed by atoms with Crippen molar-refractivity contribution in [3.8, 4) is 0 Å². The molecule has 2 heterocycles. The Morgan fingerprint density at radius 3 is 2.41 bits per heavy atom. The highest BCUT2D eigenvalue weighted by molar-refractivity contribution is 9.08. The normalized spacial score (nSPS) is 22.5. The summed E-state index contributed by atoms with van der Waals surface area (Å²) in [7, 11) is -1.11. The SMILES string of the molecule is C=S(=C)(C)N1CCC(C2C(=O)Nc3ccccc32)CC1.CBr. The van der Waals surface area contributed by atoms with Crippen LogP contribution in [-0.2, 0) is 4.79 Å². The number of nitrogens with zero attached hydrogens (tertiary/aromatic N) is 1. The second-order valence-electron chi connectivity index (χ2n) is 6.04. The van der Waals surface area contributed by atoms with Gasteiger partial charge in [0.1, 0.15) is 0 Å². The molecule has 1 atom stereocenters. The molecule has 22 heavy (non-hydrogen) atoms. The van der Waals surface area contributed by atoms with E-state index in [1.54, 1.807) is 0 Å². The number of rotatable bonds is 2. The van der Waals surface area contributed by atoms with E-state index in [1.165, 1.54) is 5.56 Å². The molecule has 1 N–H and O–H groups in total. The van der Waals surface area contributed by atoms with E-state index >= 15 is 0 Å². The molecule has 5 heteroatoms. The maximum atomic E-state index is 12.3. The van der Waals surface area contributed by atoms with Gasteiger partial charge in [0.25, 0.3) is 0 Å². The maximum absolute atomic E-state index is 12.3. The average molecular weight is 385 g/mol. The summed E-state index contributed by atoms with van der Waals surface area (Å²) < 4.78 is 2.39. The molecular formula is C17H25BrN2OS. The summed E-state index contributed by atoms with van der Waals surface area (Å²) in [6.07, 6.45) is 4.24. The first kappa shape index (κ1) is 17.6. The molecule has 1 aromatic rings. The number of carbonyl (C=O) groups excluding carboxylic acids is 1. The Kier molecular flexibility index (Phi) is 5.75. The lowest BCUT2D eigenvalue weighted by Gasteiger charge is -2.37. The fourth-order valence-electron chi connectivity index (χ4n) is 3.35. The van der Waals surface area contributed by atoms with Crippen molar-refractivity contribution in [3.05, 3.63) is 29.8 Å². The third-order valence-electron chi connectivity index (χ3n) is 4.43.